The van der Waals surface area contributed by atoms with Gasteiger partial charge in [0, 0.05) is 25.4 Å². The number of carbonyl (C=O) groups excluding carboxylic acids is 1. The zero-order chi connectivity index (χ0) is 15.6. The van der Waals surface area contributed by atoms with E-state index in [0.717, 1.165) is 44.5 Å². The van der Waals surface area contributed by atoms with Crippen LogP contribution in [0.1, 0.15) is 62.2 Å². The van der Waals surface area contributed by atoms with Crippen molar-refractivity contribution >= 4 is 5.91 Å². The summed E-state index contributed by atoms with van der Waals surface area (Å²) in [4.78, 5) is 22.8. The third-order valence-corrected chi connectivity index (χ3v) is 4.50. The zero-order valence-electron chi connectivity index (χ0n) is 13.0. The van der Waals surface area contributed by atoms with Gasteiger partial charge in [-0.05, 0) is 32.1 Å². The molecule has 0 unspecified atom stereocenters. The molecule has 1 atom stereocenters. The molecule has 3 heterocycles. The zero-order valence-corrected chi connectivity index (χ0v) is 13.0. The van der Waals surface area contributed by atoms with Crippen LogP contribution in [0.4, 0.5) is 0 Å². The third kappa shape index (κ3) is 3.11. The van der Waals surface area contributed by atoms with E-state index in [0.29, 0.717) is 24.7 Å². The second-order valence-electron chi connectivity index (χ2n) is 6.27. The van der Waals surface area contributed by atoms with Crippen LogP contribution in [0.15, 0.2) is 17.2 Å². The first kappa shape index (κ1) is 14.3. The second kappa shape index (κ2) is 6.10. The van der Waals surface area contributed by atoms with Gasteiger partial charge in [-0.3, -0.25) is 9.48 Å². The summed E-state index contributed by atoms with van der Waals surface area (Å²) in [7, 11) is 0. The van der Waals surface area contributed by atoms with E-state index in [1.54, 1.807) is 11.0 Å². The fourth-order valence-electron chi connectivity index (χ4n) is 3.10. The highest BCUT2D eigenvalue weighted by atomic mass is 16.5. The molecule has 8 nitrogen and oxygen atoms in total. The maximum Gasteiger partial charge on any atom is 0.229 e. The lowest BCUT2D eigenvalue weighted by atomic mass is 10.2. The van der Waals surface area contributed by atoms with E-state index in [4.69, 9.17) is 4.52 Å². The summed E-state index contributed by atoms with van der Waals surface area (Å²) in [5, 5.41) is 8.16. The van der Waals surface area contributed by atoms with Crippen LogP contribution in [0.25, 0.3) is 0 Å². The van der Waals surface area contributed by atoms with Gasteiger partial charge in [0.15, 0.2) is 5.82 Å². The molecule has 8 heteroatoms. The average molecular weight is 316 g/mol. The van der Waals surface area contributed by atoms with E-state index in [1.807, 2.05) is 4.90 Å². The van der Waals surface area contributed by atoms with Crippen molar-refractivity contribution in [2.75, 3.05) is 6.54 Å². The Kier molecular flexibility index (Phi) is 3.80. The Bertz CT molecular complexity index is 663. The molecule has 23 heavy (non-hydrogen) atoms. The molecule has 1 saturated carbocycles. The lowest BCUT2D eigenvalue weighted by molar-refractivity contribution is -0.132. The first-order valence-electron chi connectivity index (χ1n) is 8.26. The molecule has 0 aromatic carbocycles. The van der Waals surface area contributed by atoms with Gasteiger partial charge in [-0.2, -0.15) is 10.1 Å². The monoisotopic (exact) mass is 316 g/mol. The standard InChI is InChI=1S/C15H20N6O2/c22-13(4-2-7-20-10-16-9-17-20)21-8-1-3-12(21)14-18-15(23-19-14)11-5-6-11/h9-12H,1-8H2/t12-/m1/s1. The molecule has 2 aromatic heterocycles. The van der Waals surface area contributed by atoms with Crippen LogP contribution in [-0.2, 0) is 11.3 Å². The van der Waals surface area contributed by atoms with Crippen molar-refractivity contribution in [2.24, 2.45) is 0 Å². The second-order valence-corrected chi connectivity index (χ2v) is 6.27. The summed E-state index contributed by atoms with van der Waals surface area (Å²) in [6, 6.07) is -0.0230. The highest BCUT2D eigenvalue weighted by molar-refractivity contribution is 5.76. The van der Waals surface area contributed by atoms with Gasteiger partial charge in [-0.15, -0.1) is 0 Å². The molecule has 2 aliphatic rings. The van der Waals surface area contributed by atoms with Crippen molar-refractivity contribution in [2.45, 2.75) is 57.0 Å². The lowest BCUT2D eigenvalue weighted by Crippen LogP contribution is -2.31. The van der Waals surface area contributed by atoms with Crippen molar-refractivity contribution in [3.05, 3.63) is 24.4 Å². The summed E-state index contributed by atoms with van der Waals surface area (Å²) in [5.41, 5.74) is 0. The Hall–Kier alpha value is -2.25. The van der Waals surface area contributed by atoms with Crippen molar-refractivity contribution in [3.8, 4) is 0 Å². The van der Waals surface area contributed by atoms with Crippen molar-refractivity contribution in [1.29, 1.82) is 0 Å². The summed E-state index contributed by atoms with van der Waals surface area (Å²) >= 11 is 0. The van der Waals surface area contributed by atoms with E-state index in [1.165, 1.54) is 6.33 Å². The van der Waals surface area contributed by atoms with E-state index in [2.05, 4.69) is 20.2 Å². The smallest absolute Gasteiger partial charge is 0.229 e. The lowest BCUT2D eigenvalue weighted by Gasteiger charge is -2.22. The van der Waals surface area contributed by atoms with Gasteiger partial charge >= 0.3 is 0 Å². The Morgan fingerprint density at radius 3 is 3.04 bits per heavy atom. The third-order valence-electron chi connectivity index (χ3n) is 4.50. The van der Waals surface area contributed by atoms with Crippen molar-refractivity contribution in [1.82, 2.24) is 29.8 Å². The number of aryl methyl sites for hydroxylation is 1. The van der Waals surface area contributed by atoms with Gasteiger partial charge in [0.1, 0.15) is 12.7 Å². The van der Waals surface area contributed by atoms with E-state index in [-0.39, 0.29) is 11.9 Å². The minimum Gasteiger partial charge on any atom is -0.339 e. The number of amides is 1. The minimum absolute atomic E-state index is 0.0230. The van der Waals surface area contributed by atoms with Gasteiger partial charge < -0.3 is 9.42 Å². The van der Waals surface area contributed by atoms with Gasteiger partial charge in [-0.25, -0.2) is 4.98 Å². The molecule has 2 aromatic rings. The van der Waals surface area contributed by atoms with Crippen LogP contribution >= 0.6 is 0 Å². The molecule has 1 aliphatic carbocycles. The minimum atomic E-state index is -0.0230. The van der Waals surface area contributed by atoms with Crippen molar-refractivity contribution in [3.63, 3.8) is 0 Å². The number of hydrogen-bond acceptors (Lipinski definition) is 6. The van der Waals surface area contributed by atoms with Crippen LogP contribution < -0.4 is 0 Å². The first-order chi connectivity index (χ1) is 11.3. The molecule has 0 N–H and O–H groups in total. The molecular formula is C15H20N6O2. The average Bonchev–Trinajstić information content (AvgIpc) is 3.02. The number of hydrogen-bond donors (Lipinski definition) is 0. The molecular weight excluding hydrogens is 296 g/mol. The Morgan fingerprint density at radius 1 is 1.35 bits per heavy atom. The topological polar surface area (TPSA) is 89.9 Å². The molecule has 0 bridgehead atoms. The maximum absolute atomic E-state index is 12.5. The number of aromatic nitrogens is 5. The number of likely N-dealkylation sites (tertiary alicyclic amines) is 1. The van der Waals surface area contributed by atoms with Gasteiger partial charge in [0.2, 0.25) is 11.8 Å². The molecule has 1 amide bonds. The van der Waals surface area contributed by atoms with E-state index >= 15 is 0 Å². The fraction of sp³-hybridized carbons (Fsp3) is 0.667. The molecule has 1 saturated heterocycles. The number of carbonyl (C=O) groups is 1. The first-order valence-corrected chi connectivity index (χ1v) is 8.26. The molecule has 4 rings (SSSR count). The predicted molar refractivity (Wildman–Crippen MR) is 79.2 cm³/mol. The molecule has 1 aliphatic heterocycles. The quantitative estimate of drug-likeness (QED) is 0.805. The summed E-state index contributed by atoms with van der Waals surface area (Å²) < 4.78 is 7.09. The molecule has 2 fully saturated rings. The molecule has 122 valence electrons. The van der Waals surface area contributed by atoms with Crippen molar-refractivity contribution < 1.29 is 9.32 Å². The summed E-state index contributed by atoms with van der Waals surface area (Å²) in [5.74, 6) is 2.02. The van der Waals surface area contributed by atoms with Crippen LogP contribution in [-0.4, -0.2) is 42.3 Å². The highest BCUT2D eigenvalue weighted by Crippen LogP contribution is 2.40. The van der Waals surface area contributed by atoms with Crippen LogP contribution in [0.2, 0.25) is 0 Å². The van der Waals surface area contributed by atoms with E-state index < -0.39 is 0 Å². The number of nitrogens with zero attached hydrogens (tertiary/aromatic N) is 6. The Morgan fingerprint density at radius 2 is 2.26 bits per heavy atom. The van der Waals surface area contributed by atoms with Gasteiger partial charge in [0.25, 0.3) is 0 Å². The number of rotatable bonds is 6. The highest BCUT2D eigenvalue weighted by Gasteiger charge is 2.35. The van der Waals surface area contributed by atoms with Crippen LogP contribution in [0.5, 0.6) is 0 Å². The van der Waals surface area contributed by atoms with Gasteiger partial charge in [-0.1, -0.05) is 5.16 Å². The van der Waals surface area contributed by atoms with E-state index in [9.17, 15) is 4.79 Å². The van der Waals surface area contributed by atoms with Gasteiger partial charge in [0.05, 0.1) is 6.04 Å². The Balaban J connectivity index is 1.35. The summed E-state index contributed by atoms with van der Waals surface area (Å²) in [6.07, 6.45) is 8.61. The predicted octanol–water partition coefficient (Wildman–Crippen LogP) is 1.68. The molecule has 0 radical (unpaired) electrons. The Labute approximate surface area is 133 Å². The normalized spacial score (nSPS) is 21.0. The molecule has 0 spiro atoms. The van der Waals surface area contributed by atoms with Crippen LogP contribution in [0.3, 0.4) is 0 Å². The largest absolute Gasteiger partial charge is 0.339 e. The van der Waals surface area contributed by atoms with Crippen LogP contribution in [0, 0.1) is 0 Å². The SMILES string of the molecule is O=C(CCCn1cncn1)N1CCC[C@@H]1c1noc(C2CC2)n1. The fourth-order valence-corrected chi connectivity index (χ4v) is 3.10. The summed E-state index contributed by atoms with van der Waals surface area (Å²) in [6.45, 7) is 1.48. The maximum atomic E-state index is 12.5.